The van der Waals surface area contributed by atoms with Crippen molar-refractivity contribution in [3.63, 3.8) is 0 Å². The average Bonchev–Trinajstić information content (AvgIpc) is 2.08. The second-order valence-corrected chi connectivity index (χ2v) is 1.51. The fourth-order valence-corrected chi connectivity index (χ4v) is 0.360. The van der Waals surface area contributed by atoms with Crippen molar-refractivity contribution in [2.75, 3.05) is 6.79 Å². The van der Waals surface area contributed by atoms with Crippen LogP contribution in [0.4, 0.5) is 0 Å². The molecule has 0 radical (unpaired) electrons. The standard InChI is InChI=1S/C5H5N.CH3NO4/c1-2-4-6-5-3-1;3-1-6-2(4)5/h1-5H;3H,1H2. The van der Waals surface area contributed by atoms with E-state index in [-0.39, 0.29) is 0 Å². The van der Waals surface area contributed by atoms with Crippen LogP contribution in [0.1, 0.15) is 0 Å². The van der Waals surface area contributed by atoms with Gasteiger partial charge in [-0.1, -0.05) is 6.07 Å². The van der Waals surface area contributed by atoms with Crippen LogP contribution >= 0.6 is 0 Å². The Morgan fingerprint density at radius 2 is 2.00 bits per heavy atom. The zero-order chi connectivity index (χ0) is 9.23. The van der Waals surface area contributed by atoms with Crippen LogP contribution in [0.5, 0.6) is 0 Å². The molecule has 66 valence electrons. The largest absolute Gasteiger partial charge is 0.371 e. The molecule has 0 atom stereocenters. The Balaban J connectivity index is 0.000000202. The Morgan fingerprint density at radius 3 is 2.08 bits per heavy atom. The fraction of sp³-hybridized carbons (Fsp3) is 0.167. The third-order valence-electron chi connectivity index (χ3n) is 0.730. The highest BCUT2D eigenvalue weighted by molar-refractivity contribution is 4.88. The first-order valence-corrected chi connectivity index (χ1v) is 3.00. The molecule has 6 heteroatoms. The Hall–Kier alpha value is -1.69. The molecule has 6 nitrogen and oxygen atoms in total. The van der Waals surface area contributed by atoms with Crippen LogP contribution in [0.2, 0.25) is 0 Å². The summed E-state index contributed by atoms with van der Waals surface area (Å²) in [6, 6.07) is 5.72. The lowest BCUT2D eigenvalue weighted by molar-refractivity contribution is -0.766. The van der Waals surface area contributed by atoms with Gasteiger partial charge in [-0.2, -0.15) is 0 Å². The van der Waals surface area contributed by atoms with Gasteiger partial charge in [-0.05, 0) is 12.1 Å². The van der Waals surface area contributed by atoms with Gasteiger partial charge in [0.15, 0.2) is 6.79 Å². The predicted octanol–water partition coefficient (Wildman–Crippen LogP) is 0.226. The minimum atomic E-state index is -1.07. The predicted molar refractivity (Wildman–Crippen MR) is 39.4 cm³/mol. The number of nitrogens with zero attached hydrogens (tertiary/aromatic N) is 2. The molecule has 0 fully saturated rings. The van der Waals surface area contributed by atoms with Gasteiger partial charge in [0, 0.05) is 12.4 Å². The molecule has 0 saturated carbocycles. The van der Waals surface area contributed by atoms with Crippen molar-refractivity contribution >= 4 is 0 Å². The molecular formula is C6H8N2O4. The summed E-state index contributed by atoms with van der Waals surface area (Å²) in [5, 5.41) is 15.5. The minimum absolute atomic E-state index is 0.868. The Morgan fingerprint density at radius 1 is 1.42 bits per heavy atom. The van der Waals surface area contributed by atoms with Crippen LogP contribution in [0.15, 0.2) is 30.6 Å². The van der Waals surface area contributed by atoms with Crippen molar-refractivity contribution in [1.29, 1.82) is 0 Å². The topological polar surface area (TPSA) is 85.5 Å². The first-order valence-electron chi connectivity index (χ1n) is 3.00. The summed E-state index contributed by atoms with van der Waals surface area (Å²) in [6.07, 6.45) is 3.50. The van der Waals surface area contributed by atoms with Gasteiger partial charge < -0.3 is 5.11 Å². The summed E-state index contributed by atoms with van der Waals surface area (Å²) < 4.78 is 0. The van der Waals surface area contributed by atoms with Gasteiger partial charge in [0.25, 0.3) is 5.09 Å². The van der Waals surface area contributed by atoms with Crippen molar-refractivity contribution < 1.29 is 15.0 Å². The molecule has 0 saturated heterocycles. The number of aliphatic hydroxyl groups is 1. The maximum absolute atomic E-state index is 9.02. The molecule has 0 unspecified atom stereocenters. The Labute approximate surface area is 68.5 Å². The number of aromatic nitrogens is 1. The lowest BCUT2D eigenvalue weighted by Crippen LogP contribution is -1.99. The van der Waals surface area contributed by atoms with Crippen molar-refractivity contribution in [3.8, 4) is 0 Å². The second kappa shape index (κ2) is 7.42. The van der Waals surface area contributed by atoms with E-state index in [1.807, 2.05) is 18.2 Å². The monoisotopic (exact) mass is 172 g/mol. The zero-order valence-electron chi connectivity index (χ0n) is 6.16. The molecule has 0 amide bonds. The molecule has 1 aromatic heterocycles. The van der Waals surface area contributed by atoms with Gasteiger partial charge in [-0.3, -0.25) is 9.82 Å². The van der Waals surface area contributed by atoms with E-state index in [0.29, 0.717) is 0 Å². The third kappa shape index (κ3) is 8.31. The first-order chi connectivity index (χ1) is 5.77. The number of hydrogen-bond acceptors (Lipinski definition) is 5. The van der Waals surface area contributed by atoms with Crippen LogP contribution < -0.4 is 0 Å². The molecule has 1 rings (SSSR count). The van der Waals surface area contributed by atoms with E-state index in [9.17, 15) is 0 Å². The van der Waals surface area contributed by atoms with Crippen molar-refractivity contribution in [2.24, 2.45) is 0 Å². The second-order valence-electron chi connectivity index (χ2n) is 1.51. The summed E-state index contributed by atoms with van der Waals surface area (Å²) in [4.78, 5) is 16.1. The van der Waals surface area contributed by atoms with Gasteiger partial charge in [0.2, 0.25) is 0 Å². The number of rotatable bonds is 2. The quantitative estimate of drug-likeness (QED) is 0.392. The molecule has 12 heavy (non-hydrogen) atoms. The van der Waals surface area contributed by atoms with Crippen LogP contribution in [0, 0.1) is 10.1 Å². The van der Waals surface area contributed by atoms with Crippen LogP contribution in [0.25, 0.3) is 0 Å². The van der Waals surface area contributed by atoms with Crippen molar-refractivity contribution in [2.45, 2.75) is 0 Å². The maximum Gasteiger partial charge on any atom is 0.296 e. The zero-order valence-corrected chi connectivity index (χ0v) is 6.16. The van der Waals surface area contributed by atoms with Gasteiger partial charge in [-0.15, -0.1) is 10.1 Å². The van der Waals surface area contributed by atoms with E-state index in [2.05, 4.69) is 9.82 Å². The summed E-state index contributed by atoms with van der Waals surface area (Å²) in [7, 11) is 0. The molecule has 1 heterocycles. The normalized spacial score (nSPS) is 7.75. The SMILES string of the molecule is O=[N+]([O-])OCO.c1ccncc1. The maximum atomic E-state index is 9.02. The van der Waals surface area contributed by atoms with E-state index >= 15 is 0 Å². The molecule has 1 aromatic rings. The van der Waals surface area contributed by atoms with Crippen molar-refractivity contribution in [1.82, 2.24) is 4.98 Å². The lowest BCUT2D eigenvalue weighted by atomic mass is 10.5. The van der Waals surface area contributed by atoms with E-state index in [1.54, 1.807) is 12.4 Å². The molecule has 0 bridgehead atoms. The Bertz CT molecular complexity index is 177. The van der Waals surface area contributed by atoms with Crippen molar-refractivity contribution in [3.05, 3.63) is 40.7 Å². The fourth-order valence-electron chi connectivity index (χ4n) is 0.360. The van der Waals surface area contributed by atoms with Crippen LogP contribution in [-0.2, 0) is 4.84 Å². The van der Waals surface area contributed by atoms with E-state index in [1.165, 1.54) is 0 Å². The lowest BCUT2D eigenvalue weighted by Gasteiger charge is -1.83. The summed E-state index contributed by atoms with van der Waals surface area (Å²) in [5.41, 5.74) is 0. The smallest absolute Gasteiger partial charge is 0.296 e. The first kappa shape index (κ1) is 10.3. The molecular weight excluding hydrogens is 164 g/mol. The highest BCUT2D eigenvalue weighted by Crippen LogP contribution is 1.73. The number of hydrogen-bond donors (Lipinski definition) is 1. The van der Waals surface area contributed by atoms with Gasteiger partial charge in [0.1, 0.15) is 0 Å². The van der Waals surface area contributed by atoms with Crippen LogP contribution in [-0.4, -0.2) is 22.0 Å². The molecule has 0 spiro atoms. The highest BCUT2D eigenvalue weighted by atomic mass is 17.0. The highest BCUT2D eigenvalue weighted by Gasteiger charge is 1.84. The molecule has 0 aromatic carbocycles. The summed E-state index contributed by atoms with van der Waals surface area (Å²) >= 11 is 0. The molecule has 0 aliphatic heterocycles. The Kier molecular flexibility index (Phi) is 6.37. The molecule has 0 aliphatic carbocycles. The van der Waals surface area contributed by atoms with Gasteiger partial charge in [0.05, 0.1) is 0 Å². The van der Waals surface area contributed by atoms with E-state index in [4.69, 9.17) is 15.2 Å². The average molecular weight is 172 g/mol. The summed E-state index contributed by atoms with van der Waals surface area (Å²) in [6.45, 7) is -0.868. The van der Waals surface area contributed by atoms with E-state index < -0.39 is 11.9 Å². The van der Waals surface area contributed by atoms with Gasteiger partial charge in [-0.25, -0.2) is 0 Å². The van der Waals surface area contributed by atoms with Gasteiger partial charge >= 0.3 is 0 Å². The minimum Gasteiger partial charge on any atom is -0.371 e. The third-order valence-corrected chi connectivity index (χ3v) is 0.730. The van der Waals surface area contributed by atoms with Crippen LogP contribution in [0.3, 0.4) is 0 Å². The summed E-state index contributed by atoms with van der Waals surface area (Å²) in [5.74, 6) is 0. The number of pyridine rings is 1. The molecule has 0 aliphatic rings. The number of aliphatic hydroxyl groups excluding tert-OH is 1. The van der Waals surface area contributed by atoms with E-state index in [0.717, 1.165) is 0 Å². The molecule has 1 N–H and O–H groups in total.